The van der Waals surface area contributed by atoms with Crippen molar-refractivity contribution in [2.24, 2.45) is 0 Å². The lowest BCUT2D eigenvalue weighted by Crippen LogP contribution is -2.42. The van der Waals surface area contributed by atoms with E-state index in [0.717, 1.165) is 13.6 Å². The predicted octanol–water partition coefficient (Wildman–Crippen LogP) is 3.12. The largest absolute Gasteiger partial charge is 0.274 e. The van der Waals surface area contributed by atoms with Crippen LogP contribution < -0.4 is 0 Å². The first-order valence-corrected chi connectivity index (χ1v) is 7.55. The van der Waals surface area contributed by atoms with Gasteiger partial charge in [0.25, 0.3) is 11.8 Å². The molecule has 0 spiro atoms. The van der Waals surface area contributed by atoms with Gasteiger partial charge in [-0.25, -0.2) is 0 Å². The van der Waals surface area contributed by atoms with Crippen molar-refractivity contribution in [2.45, 2.75) is 13.8 Å². The number of likely N-dealkylation sites (N-methyl/N-ethyl adjacent to an activating group) is 1. The summed E-state index contributed by atoms with van der Waals surface area (Å²) in [4.78, 5) is 26.3. The van der Waals surface area contributed by atoms with Crippen LogP contribution in [0.4, 0.5) is 0 Å². The molecule has 0 N–H and O–H groups in total. The van der Waals surface area contributed by atoms with Crippen LogP contribution >= 0.6 is 27.3 Å². The molecule has 0 unspecified atom stereocenters. The van der Waals surface area contributed by atoms with Crippen molar-refractivity contribution < 1.29 is 9.59 Å². The fraction of sp³-hybridized carbons (Fsp3) is 0.214. The van der Waals surface area contributed by atoms with Gasteiger partial charge in [-0.2, -0.15) is 5.26 Å². The highest BCUT2D eigenvalue weighted by atomic mass is 79.9. The monoisotopic (exact) mass is 350 g/mol. The Morgan fingerprint density at radius 1 is 1.40 bits per heavy atom. The van der Waals surface area contributed by atoms with E-state index in [1.165, 1.54) is 11.3 Å². The number of carbonyl (C=O) groups is 2. The van der Waals surface area contributed by atoms with Gasteiger partial charge < -0.3 is 0 Å². The maximum absolute atomic E-state index is 12.3. The van der Waals surface area contributed by atoms with Gasteiger partial charge in [0.05, 0.1) is 3.79 Å². The zero-order chi connectivity index (χ0) is 14.9. The first-order chi connectivity index (χ1) is 9.49. The maximum atomic E-state index is 12.3. The molecular weight excluding hydrogens is 340 g/mol. The van der Waals surface area contributed by atoms with Crippen LogP contribution in [0.1, 0.15) is 18.7 Å². The lowest BCUT2D eigenvalue weighted by molar-refractivity contribution is -0.140. The van der Waals surface area contributed by atoms with E-state index in [-0.39, 0.29) is 18.0 Å². The highest BCUT2D eigenvalue weighted by Gasteiger charge is 2.34. The topological polar surface area (TPSA) is 61.2 Å². The SMILES string of the molecule is CCN1C(=O)C(=Cc2ccc(Br)s2)C(C)=C(C#N)C1=O. The summed E-state index contributed by atoms with van der Waals surface area (Å²) in [5.74, 6) is -0.861. The van der Waals surface area contributed by atoms with Gasteiger partial charge in [0, 0.05) is 17.0 Å². The van der Waals surface area contributed by atoms with E-state index >= 15 is 0 Å². The van der Waals surface area contributed by atoms with Crippen LogP contribution in [-0.2, 0) is 9.59 Å². The van der Waals surface area contributed by atoms with Gasteiger partial charge in [0.2, 0.25) is 0 Å². The number of hydrogen-bond acceptors (Lipinski definition) is 4. The number of rotatable bonds is 2. The van der Waals surface area contributed by atoms with E-state index in [1.807, 2.05) is 18.2 Å². The first kappa shape index (κ1) is 14.7. The Morgan fingerprint density at radius 2 is 2.10 bits per heavy atom. The molecule has 0 aromatic carbocycles. The molecular formula is C14H11BrN2O2S. The highest BCUT2D eigenvalue weighted by molar-refractivity contribution is 9.11. The molecule has 1 aliphatic rings. The van der Waals surface area contributed by atoms with Gasteiger partial charge in [-0.15, -0.1) is 11.3 Å². The van der Waals surface area contributed by atoms with Crippen LogP contribution in [0.25, 0.3) is 6.08 Å². The minimum Gasteiger partial charge on any atom is -0.274 e. The smallest absolute Gasteiger partial charge is 0.271 e. The van der Waals surface area contributed by atoms with Crippen molar-refractivity contribution in [1.29, 1.82) is 5.26 Å². The van der Waals surface area contributed by atoms with Crippen molar-refractivity contribution in [3.63, 3.8) is 0 Å². The number of nitriles is 1. The van der Waals surface area contributed by atoms with Crippen LogP contribution in [0, 0.1) is 11.3 Å². The number of nitrogens with zero attached hydrogens (tertiary/aromatic N) is 2. The molecule has 4 nitrogen and oxygen atoms in total. The standard InChI is InChI=1S/C14H11BrN2O2S/c1-3-17-13(18)10(6-9-4-5-12(15)20-9)8(2)11(7-16)14(17)19/h4-6H,3H2,1-2H3. The molecule has 1 aromatic rings. The summed E-state index contributed by atoms with van der Waals surface area (Å²) >= 11 is 4.85. The molecule has 0 aliphatic carbocycles. The number of imide groups is 1. The molecule has 6 heteroatoms. The number of carbonyl (C=O) groups excluding carboxylic acids is 2. The fourth-order valence-corrected chi connectivity index (χ4v) is 3.33. The van der Waals surface area contributed by atoms with E-state index in [4.69, 9.17) is 5.26 Å². The molecule has 0 radical (unpaired) electrons. The average Bonchev–Trinajstić information content (AvgIpc) is 2.81. The van der Waals surface area contributed by atoms with Gasteiger partial charge in [-0.1, -0.05) is 0 Å². The van der Waals surface area contributed by atoms with Crippen molar-refractivity contribution in [1.82, 2.24) is 4.90 Å². The second-order valence-electron chi connectivity index (χ2n) is 4.17. The van der Waals surface area contributed by atoms with Crippen LogP contribution in [-0.4, -0.2) is 23.3 Å². The van der Waals surface area contributed by atoms with Gasteiger partial charge in [-0.05, 0) is 53.6 Å². The first-order valence-electron chi connectivity index (χ1n) is 5.94. The van der Waals surface area contributed by atoms with E-state index in [9.17, 15) is 9.59 Å². The molecule has 2 rings (SSSR count). The molecule has 0 bridgehead atoms. The molecule has 0 fully saturated rings. The van der Waals surface area contributed by atoms with Crippen LogP contribution in [0.5, 0.6) is 0 Å². The summed E-state index contributed by atoms with van der Waals surface area (Å²) in [6.45, 7) is 3.60. The zero-order valence-electron chi connectivity index (χ0n) is 10.9. The summed E-state index contributed by atoms with van der Waals surface area (Å²) in [5, 5.41) is 9.12. The third kappa shape index (κ3) is 2.47. The van der Waals surface area contributed by atoms with Crippen LogP contribution in [0.3, 0.4) is 0 Å². The van der Waals surface area contributed by atoms with E-state index in [2.05, 4.69) is 15.9 Å². The van der Waals surface area contributed by atoms with Gasteiger partial charge in [0.1, 0.15) is 11.6 Å². The van der Waals surface area contributed by atoms with Gasteiger partial charge in [-0.3, -0.25) is 14.5 Å². The van der Waals surface area contributed by atoms with Gasteiger partial charge in [0.15, 0.2) is 0 Å². The third-order valence-electron chi connectivity index (χ3n) is 3.02. The molecule has 0 saturated heterocycles. The molecule has 2 amide bonds. The summed E-state index contributed by atoms with van der Waals surface area (Å²) in [5.41, 5.74) is 0.877. The number of thiophene rings is 1. The summed E-state index contributed by atoms with van der Waals surface area (Å²) < 4.78 is 0.957. The molecule has 102 valence electrons. The van der Waals surface area contributed by atoms with Gasteiger partial charge >= 0.3 is 0 Å². The Bertz CT molecular complexity index is 694. The molecule has 2 heterocycles. The lowest BCUT2D eigenvalue weighted by Gasteiger charge is -2.26. The van der Waals surface area contributed by atoms with Crippen molar-refractivity contribution in [3.8, 4) is 6.07 Å². The minimum atomic E-state index is -0.512. The van der Waals surface area contributed by atoms with Crippen molar-refractivity contribution in [3.05, 3.63) is 37.5 Å². The molecule has 20 heavy (non-hydrogen) atoms. The fourth-order valence-electron chi connectivity index (χ4n) is 1.97. The summed E-state index contributed by atoms with van der Waals surface area (Å²) in [6, 6.07) is 5.66. The highest BCUT2D eigenvalue weighted by Crippen LogP contribution is 2.30. The summed E-state index contributed by atoms with van der Waals surface area (Å²) in [7, 11) is 0. The third-order valence-corrected chi connectivity index (χ3v) is 4.59. The normalized spacial score (nSPS) is 17.9. The molecule has 0 saturated carbocycles. The second kappa shape index (κ2) is 5.73. The summed E-state index contributed by atoms with van der Waals surface area (Å²) in [6.07, 6.45) is 1.72. The Labute approximate surface area is 129 Å². The predicted molar refractivity (Wildman–Crippen MR) is 80.7 cm³/mol. The molecule has 0 atom stereocenters. The van der Waals surface area contributed by atoms with E-state index < -0.39 is 5.91 Å². The van der Waals surface area contributed by atoms with Crippen molar-refractivity contribution >= 4 is 45.2 Å². The number of hydrogen-bond donors (Lipinski definition) is 0. The van der Waals surface area contributed by atoms with Crippen LogP contribution in [0.2, 0.25) is 0 Å². The Hall–Kier alpha value is -1.71. The number of halogens is 1. The van der Waals surface area contributed by atoms with E-state index in [0.29, 0.717) is 11.1 Å². The lowest BCUT2D eigenvalue weighted by atomic mass is 9.95. The quantitative estimate of drug-likeness (QED) is 0.608. The Morgan fingerprint density at radius 3 is 2.60 bits per heavy atom. The van der Waals surface area contributed by atoms with Crippen molar-refractivity contribution in [2.75, 3.05) is 6.54 Å². The minimum absolute atomic E-state index is 0.0355. The molecule has 1 aliphatic heterocycles. The van der Waals surface area contributed by atoms with E-state index in [1.54, 1.807) is 19.9 Å². The molecule has 1 aromatic heterocycles. The second-order valence-corrected chi connectivity index (χ2v) is 6.66. The average molecular weight is 351 g/mol. The zero-order valence-corrected chi connectivity index (χ0v) is 13.3. The Balaban J connectivity index is 2.59. The Kier molecular flexibility index (Phi) is 4.21. The number of amides is 2. The maximum Gasteiger partial charge on any atom is 0.271 e. The van der Waals surface area contributed by atoms with Crippen LogP contribution in [0.15, 0.2) is 32.6 Å².